The quantitative estimate of drug-likeness (QED) is 0.536. The summed E-state index contributed by atoms with van der Waals surface area (Å²) in [5, 5.41) is 0. The highest BCUT2D eigenvalue weighted by molar-refractivity contribution is 9.10. The predicted molar refractivity (Wildman–Crippen MR) is 106 cm³/mol. The normalized spacial score (nSPS) is 20.4. The maximum absolute atomic E-state index is 12.9. The Balaban J connectivity index is 2.10. The van der Waals surface area contributed by atoms with Crippen molar-refractivity contribution in [1.29, 1.82) is 0 Å². The number of nitrogens with zero attached hydrogens (tertiary/aromatic N) is 2. The van der Waals surface area contributed by atoms with E-state index in [9.17, 15) is 9.59 Å². The van der Waals surface area contributed by atoms with Gasteiger partial charge in [0.05, 0.1) is 16.2 Å². The lowest BCUT2D eigenvalue weighted by molar-refractivity contribution is -0.122. The second kappa shape index (κ2) is 6.98. The molecule has 126 valence electrons. The van der Waals surface area contributed by atoms with Crippen molar-refractivity contribution >= 4 is 67.3 Å². The molecule has 0 aliphatic carbocycles. The lowest BCUT2D eigenvalue weighted by atomic mass is 10.1. The maximum Gasteiger partial charge on any atom is 0.267 e. The van der Waals surface area contributed by atoms with Gasteiger partial charge in [-0.2, -0.15) is 0 Å². The average molecular weight is 425 g/mol. The van der Waals surface area contributed by atoms with Crippen LogP contribution in [0.4, 0.5) is 5.69 Å². The smallest absolute Gasteiger partial charge is 0.267 e. The van der Waals surface area contributed by atoms with Gasteiger partial charge >= 0.3 is 0 Å². The molecule has 0 N–H and O–H groups in total. The van der Waals surface area contributed by atoms with E-state index < -0.39 is 0 Å². The third kappa shape index (κ3) is 2.82. The van der Waals surface area contributed by atoms with E-state index in [0.29, 0.717) is 27.9 Å². The van der Waals surface area contributed by atoms with Gasteiger partial charge in [-0.15, -0.1) is 0 Å². The van der Waals surface area contributed by atoms with Gasteiger partial charge in [-0.1, -0.05) is 53.3 Å². The van der Waals surface area contributed by atoms with Gasteiger partial charge in [-0.3, -0.25) is 14.5 Å². The van der Waals surface area contributed by atoms with E-state index >= 15 is 0 Å². The van der Waals surface area contributed by atoms with Crippen LogP contribution in [-0.2, 0) is 9.59 Å². The standard InChI is InChI=1S/C17H17BrN2O2S2/c1-3-5-8-20-16(22)14(24-17(20)23)13-11-9-10(18)6-7-12(11)19(4-2)15(13)21/h6-7,9H,3-5,8H2,1-2H3. The molecule has 2 aliphatic heterocycles. The predicted octanol–water partition coefficient (Wildman–Crippen LogP) is 4.19. The van der Waals surface area contributed by atoms with Crippen molar-refractivity contribution in [2.45, 2.75) is 26.7 Å². The monoisotopic (exact) mass is 424 g/mol. The summed E-state index contributed by atoms with van der Waals surface area (Å²) in [5.74, 6) is -0.271. The molecular weight excluding hydrogens is 408 g/mol. The second-order valence-corrected chi connectivity index (χ2v) is 8.15. The molecule has 1 aromatic carbocycles. The van der Waals surface area contributed by atoms with Crippen molar-refractivity contribution in [2.24, 2.45) is 0 Å². The summed E-state index contributed by atoms with van der Waals surface area (Å²) >= 11 is 10.1. The van der Waals surface area contributed by atoms with Crippen LogP contribution in [0.5, 0.6) is 0 Å². The number of hydrogen-bond donors (Lipinski definition) is 0. The Morgan fingerprint density at radius 2 is 1.92 bits per heavy atom. The van der Waals surface area contributed by atoms with Crippen LogP contribution in [-0.4, -0.2) is 34.1 Å². The Kier molecular flexibility index (Phi) is 5.13. The molecule has 0 radical (unpaired) electrons. The van der Waals surface area contributed by atoms with Crippen LogP contribution >= 0.6 is 39.9 Å². The Hall–Kier alpha value is -1.18. The molecule has 1 fully saturated rings. The minimum absolute atomic E-state index is 0.124. The largest absolute Gasteiger partial charge is 0.308 e. The molecule has 7 heteroatoms. The number of hydrogen-bond acceptors (Lipinski definition) is 4. The molecule has 0 spiro atoms. The zero-order chi connectivity index (χ0) is 17.4. The summed E-state index contributed by atoms with van der Waals surface area (Å²) in [7, 11) is 0. The van der Waals surface area contributed by atoms with Crippen molar-refractivity contribution in [3.8, 4) is 0 Å². The topological polar surface area (TPSA) is 40.6 Å². The highest BCUT2D eigenvalue weighted by Crippen LogP contribution is 2.45. The third-order valence-corrected chi connectivity index (χ3v) is 6.05. The summed E-state index contributed by atoms with van der Waals surface area (Å²) in [6, 6.07) is 5.71. The van der Waals surface area contributed by atoms with Gasteiger partial charge in [0.15, 0.2) is 0 Å². The lowest BCUT2D eigenvalue weighted by Gasteiger charge is -2.14. The number of fused-ring (bicyclic) bond motifs is 1. The van der Waals surface area contributed by atoms with E-state index in [1.807, 2.05) is 25.1 Å². The molecule has 0 aromatic heterocycles. The molecule has 0 bridgehead atoms. The number of carbonyl (C=O) groups excluding carboxylic acids is 2. The molecule has 3 rings (SSSR count). The van der Waals surface area contributed by atoms with Crippen LogP contribution in [0.2, 0.25) is 0 Å². The first-order valence-electron chi connectivity index (χ1n) is 7.89. The Morgan fingerprint density at radius 3 is 2.58 bits per heavy atom. The number of carbonyl (C=O) groups is 2. The minimum atomic E-state index is -0.148. The van der Waals surface area contributed by atoms with Gasteiger partial charge in [0.1, 0.15) is 4.32 Å². The Morgan fingerprint density at radius 1 is 1.17 bits per heavy atom. The van der Waals surface area contributed by atoms with Crippen molar-refractivity contribution in [3.05, 3.63) is 33.1 Å². The van der Waals surface area contributed by atoms with Crippen LogP contribution in [0.3, 0.4) is 0 Å². The number of rotatable bonds is 4. The lowest BCUT2D eigenvalue weighted by Crippen LogP contribution is -2.30. The second-order valence-electron chi connectivity index (χ2n) is 5.59. The van der Waals surface area contributed by atoms with E-state index in [1.54, 1.807) is 9.80 Å². The molecular formula is C17H17BrN2O2S2. The van der Waals surface area contributed by atoms with Gasteiger partial charge in [-0.05, 0) is 31.5 Å². The zero-order valence-corrected chi connectivity index (χ0v) is 16.7. The SMILES string of the molecule is CCCCN1C(=O)C(=C2C(=O)N(CC)c3ccc(Br)cc32)SC1=S. The van der Waals surface area contributed by atoms with Gasteiger partial charge < -0.3 is 4.90 Å². The molecule has 2 amide bonds. The van der Waals surface area contributed by atoms with Crippen LogP contribution in [0.25, 0.3) is 5.57 Å². The number of amides is 2. The molecule has 24 heavy (non-hydrogen) atoms. The van der Waals surface area contributed by atoms with Gasteiger partial charge in [0, 0.05) is 23.1 Å². The van der Waals surface area contributed by atoms with E-state index in [4.69, 9.17) is 12.2 Å². The van der Waals surface area contributed by atoms with Gasteiger partial charge in [0.2, 0.25) is 0 Å². The first-order chi connectivity index (χ1) is 11.5. The number of thioether (sulfide) groups is 1. The molecule has 0 saturated carbocycles. The van der Waals surface area contributed by atoms with Crippen molar-refractivity contribution in [1.82, 2.24) is 4.90 Å². The number of halogens is 1. The van der Waals surface area contributed by atoms with Crippen molar-refractivity contribution < 1.29 is 9.59 Å². The molecule has 2 heterocycles. The summed E-state index contributed by atoms with van der Waals surface area (Å²) in [6.45, 7) is 5.17. The molecule has 1 saturated heterocycles. The maximum atomic E-state index is 12.9. The zero-order valence-electron chi connectivity index (χ0n) is 13.5. The summed E-state index contributed by atoms with van der Waals surface area (Å²) in [5.41, 5.74) is 2.12. The molecule has 0 unspecified atom stereocenters. The van der Waals surface area contributed by atoms with Crippen LogP contribution < -0.4 is 4.90 Å². The highest BCUT2D eigenvalue weighted by atomic mass is 79.9. The van der Waals surface area contributed by atoms with Crippen molar-refractivity contribution in [2.75, 3.05) is 18.0 Å². The summed E-state index contributed by atoms with van der Waals surface area (Å²) in [6.07, 6.45) is 1.88. The third-order valence-electron chi connectivity index (χ3n) is 4.11. The van der Waals surface area contributed by atoms with Crippen LogP contribution in [0.1, 0.15) is 32.3 Å². The molecule has 2 aliphatic rings. The molecule has 1 aromatic rings. The van der Waals surface area contributed by atoms with E-state index in [2.05, 4.69) is 22.9 Å². The number of unbranched alkanes of at least 4 members (excludes halogenated alkanes) is 1. The fourth-order valence-corrected chi connectivity index (χ4v) is 4.64. The number of anilines is 1. The average Bonchev–Trinajstić information content (AvgIpc) is 2.98. The number of likely N-dealkylation sites (N-methyl/N-ethyl adjacent to an activating group) is 1. The highest BCUT2D eigenvalue weighted by Gasteiger charge is 2.41. The van der Waals surface area contributed by atoms with Gasteiger partial charge in [-0.25, -0.2) is 0 Å². The van der Waals surface area contributed by atoms with Gasteiger partial charge in [0.25, 0.3) is 11.8 Å². The number of benzene rings is 1. The molecule has 4 nitrogen and oxygen atoms in total. The van der Waals surface area contributed by atoms with Crippen LogP contribution in [0, 0.1) is 0 Å². The summed E-state index contributed by atoms with van der Waals surface area (Å²) < 4.78 is 1.42. The summed E-state index contributed by atoms with van der Waals surface area (Å²) in [4.78, 5) is 29.5. The first kappa shape index (κ1) is 17.6. The van der Waals surface area contributed by atoms with Crippen LogP contribution in [0.15, 0.2) is 27.6 Å². The van der Waals surface area contributed by atoms with Crippen molar-refractivity contribution in [3.63, 3.8) is 0 Å². The fourth-order valence-electron chi connectivity index (χ4n) is 2.90. The molecule has 0 atom stereocenters. The Labute approximate surface area is 159 Å². The first-order valence-corrected chi connectivity index (χ1v) is 9.91. The Bertz CT molecular complexity index is 776. The fraction of sp³-hybridized carbons (Fsp3) is 0.353. The minimum Gasteiger partial charge on any atom is -0.308 e. The van der Waals surface area contributed by atoms with E-state index in [1.165, 1.54) is 11.8 Å². The van der Waals surface area contributed by atoms with E-state index in [0.717, 1.165) is 28.6 Å². The van der Waals surface area contributed by atoms with E-state index in [-0.39, 0.29) is 11.8 Å². The number of thiocarbonyl (C=S) groups is 1.